The van der Waals surface area contributed by atoms with Gasteiger partial charge in [0.05, 0.1) is 7.11 Å². The van der Waals surface area contributed by atoms with Crippen molar-refractivity contribution >= 4 is 16.6 Å². The highest BCUT2D eigenvalue weighted by Gasteiger charge is 2.26. The number of nitrogens with zero attached hydrogens (tertiary/aromatic N) is 1. The van der Waals surface area contributed by atoms with Crippen LogP contribution in [0.5, 0.6) is 5.75 Å². The third kappa shape index (κ3) is 9.15. The molecule has 0 spiro atoms. The third-order valence-corrected chi connectivity index (χ3v) is 5.29. The van der Waals surface area contributed by atoms with E-state index in [0.717, 1.165) is 54.6 Å². The number of piperidine rings is 1. The monoisotopic (exact) mass is 425 g/mol. The number of fused-ring (bicyclic) bond motifs is 1. The normalized spacial score (nSPS) is 15.3. The van der Waals surface area contributed by atoms with E-state index >= 15 is 0 Å². The van der Waals surface area contributed by atoms with E-state index in [4.69, 9.17) is 4.74 Å². The van der Waals surface area contributed by atoms with Crippen LogP contribution in [0.1, 0.15) is 77.1 Å². The quantitative estimate of drug-likeness (QED) is 0.266. The van der Waals surface area contributed by atoms with Crippen LogP contribution >= 0.6 is 0 Å². The van der Waals surface area contributed by atoms with Gasteiger partial charge in [-0.15, -0.1) is 12.8 Å². The number of benzene rings is 2. The number of methoxy groups -OCH3 is 1. The van der Waals surface area contributed by atoms with Crippen molar-refractivity contribution in [3.63, 3.8) is 0 Å². The molecule has 2 aromatic rings. The van der Waals surface area contributed by atoms with Crippen LogP contribution in [0, 0.1) is 18.8 Å². The van der Waals surface area contributed by atoms with Gasteiger partial charge in [-0.05, 0) is 61.3 Å². The number of rotatable bonds is 7. The summed E-state index contributed by atoms with van der Waals surface area (Å²) in [6, 6.07) is 12.0. The maximum atomic E-state index is 13.0. The Morgan fingerprint density at radius 2 is 1.68 bits per heavy atom. The molecule has 0 bridgehead atoms. The fourth-order valence-electron chi connectivity index (χ4n) is 3.80. The topological polar surface area (TPSA) is 29.5 Å². The van der Waals surface area contributed by atoms with Gasteiger partial charge in [0, 0.05) is 18.0 Å². The van der Waals surface area contributed by atoms with Crippen molar-refractivity contribution < 1.29 is 9.53 Å². The molecule has 1 aliphatic rings. The number of ketones is 1. The summed E-state index contributed by atoms with van der Waals surface area (Å²) in [4.78, 5) is 15.5. The largest absolute Gasteiger partial charge is 0.497 e. The average molecular weight is 426 g/mol. The summed E-state index contributed by atoms with van der Waals surface area (Å²) >= 11 is 0. The molecular weight excluding hydrogens is 382 g/mol. The van der Waals surface area contributed by atoms with Crippen molar-refractivity contribution in [2.75, 3.05) is 26.7 Å². The summed E-state index contributed by atoms with van der Waals surface area (Å²) in [6.07, 6.45) is 13.9. The lowest BCUT2D eigenvalue weighted by molar-refractivity contribution is 0.0818. The van der Waals surface area contributed by atoms with E-state index in [9.17, 15) is 4.79 Å². The lowest BCUT2D eigenvalue weighted by atomic mass is 9.89. The summed E-state index contributed by atoms with van der Waals surface area (Å²) < 4.78 is 5.27. The van der Waals surface area contributed by atoms with Crippen LogP contribution in [0.25, 0.3) is 10.8 Å². The van der Waals surface area contributed by atoms with Gasteiger partial charge in [0.25, 0.3) is 0 Å². The van der Waals surface area contributed by atoms with Gasteiger partial charge in [-0.3, -0.25) is 4.79 Å². The molecule has 31 heavy (non-hydrogen) atoms. The number of hydrogen-bond donors (Lipinski definition) is 0. The summed E-state index contributed by atoms with van der Waals surface area (Å²) in [5, 5.41) is 2.21. The van der Waals surface area contributed by atoms with Crippen molar-refractivity contribution in [3.05, 3.63) is 42.0 Å². The Bertz CT molecular complexity index is 766. The fourth-order valence-corrected chi connectivity index (χ4v) is 3.80. The highest BCUT2D eigenvalue weighted by atomic mass is 16.5. The number of ether oxygens (including phenoxy) is 1. The van der Waals surface area contributed by atoms with Crippen LogP contribution < -0.4 is 4.74 Å². The first-order valence-corrected chi connectivity index (χ1v) is 11.9. The Kier molecular flexibility index (Phi) is 16.1. The molecule has 3 nitrogen and oxygen atoms in total. The summed E-state index contributed by atoms with van der Waals surface area (Å²) in [5.41, 5.74) is 0.845. The molecular formula is C28H43NO2. The average Bonchev–Trinajstić information content (AvgIpc) is 2.87. The van der Waals surface area contributed by atoms with Gasteiger partial charge >= 0.3 is 0 Å². The number of carbonyl (C=O) groups excluding carboxylic acids is 1. The number of carbonyl (C=O) groups is 1. The molecule has 0 aromatic heterocycles. The minimum atomic E-state index is 0.145. The Balaban J connectivity index is 0.00000138. The molecule has 3 heteroatoms. The van der Waals surface area contributed by atoms with Crippen molar-refractivity contribution in [3.8, 4) is 18.6 Å². The van der Waals surface area contributed by atoms with E-state index in [1.54, 1.807) is 7.11 Å². The van der Waals surface area contributed by atoms with Crippen LogP contribution in [0.3, 0.4) is 0 Å². The van der Waals surface area contributed by atoms with Crippen LogP contribution in [0.15, 0.2) is 36.4 Å². The van der Waals surface area contributed by atoms with Gasteiger partial charge in [0.2, 0.25) is 0 Å². The highest BCUT2D eigenvalue weighted by Crippen LogP contribution is 2.25. The Morgan fingerprint density at radius 1 is 1.03 bits per heavy atom. The first-order valence-electron chi connectivity index (χ1n) is 11.9. The van der Waals surface area contributed by atoms with Crippen LogP contribution in [0.4, 0.5) is 0 Å². The predicted octanol–water partition coefficient (Wildman–Crippen LogP) is 7.24. The summed E-state index contributed by atoms with van der Waals surface area (Å²) in [6.45, 7) is 13.4. The zero-order chi connectivity index (χ0) is 23.6. The summed E-state index contributed by atoms with van der Waals surface area (Å²) in [5.74, 6) is 1.30. The maximum absolute atomic E-state index is 13.0. The van der Waals surface area contributed by atoms with Gasteiger partial charge < -0.3 is 9.64 Å². The number of likely N-dealkylation sites (tertiary alicyclic amines) is 1. The molecule has 2 aromatic carbocycles. The van der Waals surface area contributed by atoms with Gasteiger partial charge in [-0.25, -0.2) is 0 Å². The van der Waals surface area contributed by atoms with E-state index in [0.29, 0.717) is 5.78 Å². The van der Waals surface area contributed by atoms with E-state index in [1.165, 1.54) is 19.3 Å². The second-order valence-electron chi connectivity index (χ2n) is 7.14. The van der Waals surface area contributed by atoms with E-state index in [-0.39, 0.29) is 5.92 Å². The van der Waals surface area contributed by atoms with Crippen LogP contribution in [-0.4, -0.2) is 37.4 Å². The molecule has 0 saturated carbocycles. The highest BCUT2D eigenvalue weighted by molar-refractivity contribution is 6.01. The molecule has 1 heterocycles. The smallest absolute Gasteiger partial charge is 0.167 e. The van der Waals surface area contributed by atoms with E-state index in [2.05, 4.69) is 24.7 Å². The molecule has 0 N–H and O–H groups in total. The molecule has 0 radical (unpaired) electrons. The van der Waals surface area contributed by atoms with Crippen LogP contribution in [-0.2, 0) is 0 Å². The number of Topliss-reactive ketones (excluding diaryl/α,β-unsaturated/α-hetero) is 1. The molecule has 1 unspecified atom stereocenters. The molecule has 0 aliphatic carbocycles. The minimum Gasteiger partial charge on any atom is -0.497 e. The van der Waals surface area contributed by atoms with Crippen molar-refractivity contribution in [2.45, 2.75) is 66.7 Å². The van der Waals surface area contributed by atoms with Gasteiger partial charge in [0.15, 0.2) is 5.78 Å². The van der Waals surface area contributed by atoms with E-state index in [1.807, 2.05) is 64.1 Å². The summed E-state index contributed by atoms with van der Waals surface area (Å²) in [7, 11) is 1.68. The minimum absolute atomic E-state index is 0.145. The SMILES string of the molecule is C#C.CC.CC.CCCCCN1CCCC(C(=O)c2ccc3cc(OC)ccc3c2)C1. The van der Waals surface area contributed by atoms with Crippen molar-refractivity contribution in [1.29, 1.82) is 0 Å². The zero-order valence-corrected chi connectivity index (χ0v) is 20.6. The lowest BCUT2D eigenvalue weighted by Gasteiger charge is -2.32. The van der Waals surface area contributed by atoms with Gasteiger partial charge in [-0.2, -0.15) is 0 Å². The second kappa shape index (κ2) is 17.4. The van der Waals surface area contributed by atoms with Gasteiger partial charge in [0.1, 0.15) is 5.75 Å². The Labute approximate surface area is 191 Å². The number of hydrogen-bond acceptors (Lipinski definition) is 3. The first kappa shape index (κ1) is 28.7. The van der Waals surface area contributed by atoms with Crippen LogP contribution in [0.2, 0.25) is 0 Å². The molecule has 3 rings (SSSR count). The molecule has 1 saturated heterocycles. The molecule has 172 valence electrons. The molecule has 1 atom stereocenters. The Morgan fingerprint density at radius 3 is 2.32 bits per heavy atom. The standard InChI is InChI=1S/C22H29NO2.2C2H6.C2H2/c1-3-4-5-12-23-13-6-7-20(16-23)22(24)19-9-8-18-15-21(25-2)11-10-17(18)14-19;3*1-2/h8-11,14-15,20H,3-7,12-13,16H2,1-2H3;2*1-2H3;1-2H. The number of terminal acetylenes is 1. The number of unbranched alkanes of at least 4 members (excludes halogenated alkanes) is 2. The molecule has 1 aliphatic heterocycles. The zero-order valence-electron chi connectivity index (χ0n) is 20.6. The van der Waals surface area contributed by atoms with Gasteiger partial charge in [-0.1, -0.05) is 65.7 Å². The van der Waals surface area contributed by atoms with Crippen molar-refractivity contribution in [2.24, 2.45) is 5.92 Å². The Hall–Kier alpha value is -2.31. The predicted molar refractivity (Wildman–Crippen MR) is 136 cm³/mol. The van der Waals surface area contributed by atoms with Crippen molar-refractivity contribution in [1.82, 2.24) is 4.90 Å². The second-order valence-corrected chi connectivity index (χ2v) is 7.14. The molecule has 0 amide bonds. The first-order chi connectivity index (χ1) is 15.2. The third-order valence-electron chi connectivity index (χ3n) is 5.29. The lowest BCUT2D eigenvalue weighted by Crippen LogP contribution is -2.39. The maximum Gasteiger partial charge on any atom is 0.167 e. The van der Waals surface area contributed by atoms with E-state index < -0.39 is 0 Å². The fraction of sp³-hybridized carbons (Fsp3) is 0.536. The molecule has 1 fully saturated rings.